The Morgan fingerprint density at radius 3 is 2.63 bits per heavy atom. The number of amides is 1. The highest BCUT2D eigenvalue weighted by atomic mass is 32.2. The molecular formula is C28H46N4O5S. The third-order valence-corrected chi connectivity index (χ3v) is 10.1. The Morgan fingerprint density at radius 1 is 1.16 bits per heavy atom. The fourth-order valence-corrected chi connectivity index (χ4v) is 7.11. The predicted octanol–water partition coefficient (Wildman–Crippen LogP) is 2.69. The second-order valence-electron chi connectivity index (χ2n) is 10.6. The van der Waals surface area contributed by atoms with E-state index in [2.05, 4.69) is 23.4 Å². The van der Waals surface area contributed by atoms with E-state index >= 15 is 0 Å². The van der Waals surface area contributed by atoms with E-state index in [-0.39, 0.29) is 36.6 Å². The van der Waals surface area contributed by atoms with Crippen molar-refractivity contribution in [3.8, 4) is 5.75 Å². The summed E-state index contributed by atoms with van der Waals surface area (Å²) in [5, 5.41) is 0. The van der Waals surface area contributed by atoms with E-state index in [1.807, 2.05) is 11.9 Å². The molecule has 2 atom stereocenters. The lowest BCUT2D eigenvalue weighted by Crippen LogP contribution is -2.48. The number of aryl methyl sites for hydroxylation is 1. The lowest BCUT2D eigenvalue weighted by Gasteiger charge is -2.40. The highest BCUT2D eigenvalue weighted by Crippen LogP contribution is 2.29. The molecule has 2 aliphatic rings. The summed E-state index contributed by atoms with van der Waals surface area (Å²) in [6.45, 7) is 10.2. The molecule has 1 amide bonds. The minimum Gasteiger partial charge on any atom is -0.497 e. The third kappa shape index (κ3) is 7.57. The van der Waals surface area contributed by atoms with E-state index in [4.69, 9.17) is 9.47 Å². The Labute approximate surface area is 229 Å². The molecule has 10 heteroatoms. The third-order valence-electron chi connectivity index (χ3n) is 8.01. The van der Waals surface area contributed by atoms with Gasteiger partial charge in [-0.15, -0.1) is 0 Å². The minimum absolute atomic E-state index is 0.0560. The van der Waals surface area contributed by atoms with Crippen molar-refractivity contribution < 1.29 is 22.7 Å². The summed E-state index contributed by atoms with van der Waals surface area (Å²) < 4.78 is 38.7. The van der Waals surface area contributed by atoms with Crippen molar-refractivity contribution in [1.29, 1.82) is 0 Å². The largest absolute Gasteiger partial charge is 0.497 e. The molecule has 0 aromatic heterocycles. The molecule has 2 fully saturated rings. The molecular weight excluding hydrogens is 504 g/mol. The van der Waals surface area contributed by atoms with E-state index in [1.54, 1.807) is 26.2 Å². The lowest BCUT2D eigenvalue weighted by atomic mass is 9.89. The normalized spacial score (nSPS) is 21.7. The maximum Gasteiger partial charge on any atom is 0.248 e. The summed E-state index contributed by atoms with van der Waals surface area (Å²) >= 11 is 0. The number of benzene rings is 1. The van der Waals surface area contributed by atoms with Gasteiger partial charge < -0.3 is 19.3 Å². The molecule has 0 spiro atoms. The molecule has 214 valence electrons. The van der Waals surface area contributed by atoms with Gasteiger partial charge in [-0.25, -0.2) is 8.42 Å². The molecule has 0 N–H and O–H groups in total. The van der Waals surface area contributed by atoms with Crippen molar-refractivity contribution in [3.63, 3.8) is 0 Å². The maximum absolute atomic E-state index is 13.3. The molecule has 9 nitrogen and oxygen atoms in total. The number of sulfonamides is 1. The minimum atomic E-state index is -3.77. The van der Waals surface area contributed by atoms with Gasteiger partial charge in [-0.3, -0.25) is 9.69 Å². The number of methoxy groups -OCH3 is 1. The number of carbonyl (C=O) groups is 1. The van der Waals surface area contributed by atoms with Crippen LogP contribution in [0, 0.1) is 6.92 Å². The number of hydrogen-bond acceptors (Lipinski definition) is 7. The number of hydrogen-bond donors (Lipinski definition) is 0. The van der Waals surface area contributed by atoms with E-state index in [0.29, 0.717) is 22.9 Å². The van der Waals surface area contributed by atoms with Gasteiger partial charge in [0.2, 0.25) is 15.9 Å². The number of ether oxygens (including phenoxy) is 2. The SMILES string of the molecule is C=Cc1cc(OC)cc(C)c1S(=O)(=O)N(C)CCOCC(=O)N(C)C1CCC[C@@H](N2CCCN(C)CC2)C1. The van der Waals surface area contributed by atoms with Crippen LogP contribution in [0.15, 0.2) is 23.6 Å². The van der Waals surface area contributed by atoms with Gasteiger partial charge in [-0.1, -0.05) is 12.7 Å². The highest BCUT2D eigenvalue weighted by Gasteiger charge is 2.31. The van der Waals surface area contributed by atoms with Gasteiger partial charge in [0, 0.05) is 45.8 Å². The quantitative estimate of drug-likeness (QED) is 0.392. The molecule has 1 heterocycles. The molecule has 1 saturated carbocycles. The molecule has 1 aliphatic heterocycles. The fraction of sp³-hybridized carbons (Fsp3) is 0.679. The first-order chi connectivity index (χ1) is 18.1. The van der Waals surface area contributed by atoms with E-state index in [0.717, 1.165) is 45.4 Å². The molecule has 0 bridgehead atoms. The zero-order valence-corrected chi connectivity index (χ0v) is 24.6. The zero-order chi connectivity index (χ0) is 27.9. The summed E-state index contributed by atoms with van der Waals surface area (Å²) in [5.41, 5.74) is 1.08. The molecule has 1 aliphatic carbocycles. The van der Waals surface area contributed by atoms with Gasteiger partial charge in [0.15, 0.2) is 0 Å². The summed E-state index contributed by atoms with van der Waals surface area (Å²) in [5.74, 6) is 0.519. The average Bonchev–Trinajstić information content (AvgIpc) is 3.13. The molecule has 1 aromatic carbocycles. The number of carbonyl (C=O) groups excluding carboxylic acids is 1. The standard InChI is InChI=1S/C28H46N4O5S/c1-7-23-19-26(36-6)18-22(2)28(23)38(34,35)30(4)16-17-37-21-27(33)31(5)24-10-8-11-25(20-24)32-13-9-12-29(3)14-15-32/h7,18-19,24-25H,1,8-17,20-21H2,2-6H3/t24?,25-/m1/s1. The van der Waals surface area contributed by atoms with Crippen molar-refractivity contribution >= 4 is 22.0 Å². The summed E-state index contributed by atoms with van der Waals surface area (Å²) in [7, 11) is 3.35. The zero-order valence-electron chi connectivity index (χ0n) is 23.8. The van der Waals surface area contributed by atoms with Crippen LogP contribution in [0.4, 0.5) is 0 Å². The second kappa shape index (κ2) is 13.9. The van der Waals surface area contributed by atoms with Gasteiger partial charge in [0.25, 0.3) is 0 Å². The first-order valence-electron chi connectivity index (χ1n) is 13.6. The average molecular weight is 551 g/mol. The Morgan fingerprint density at radius 2 is 1.92 bits per heavy atom. The van der Waals surface area contributed by atoms with E-state index in [1.165, 1.54) is 30.3 Å². The number of nitrogens with zero attached hydrogens (tertiary/aromatic N) is 4. The van der Waals surface area contributed by atoms with Crippen LogP contribution >= 0.6 is 0 Å². The Balaban J connectivity index is 1.49. The first kappa shape index (κ1) is 30.6. The van der Waals surface area contributed by atoms with Crippen molar-refractivity contribution in [1.82, 2.24) is 19.0 Å². The van der Waals surface area contributed by atoms with Gasteiger partial charge in [-0.05, 0) is 82.4 Å². The summed E-state index contributed by atoms with van der Waals surface area (Å²) in [6, 6.07) is 4.09. The van der Waals surface area contributed by atoms with Crippen LogP contribution in [0.1, 0.15) is 43.2 Å². The fourth-order valence-electron chi connectivity index (χ4n) is 5.58. The van der Waals surface area contributed by atoms with Crippen molar-refractivity contribution in [2.24, 2.45) is 0 Å². The Bertz CT molecular complexity index is 1060. The Kier molecular flexibility index (Phi) is 11.2. The van der Waals surface area contributed by atoms with Crippen molar-refractivity contribution in [2.75, 3.05) is 74.2 Å². The van der Waals surface area contributed by atoms with Crippen LogP contribution in [0.25, 0.3) is 6.08 Å². The van der Waals surface area contributed by atoms with Crippen molar-refractivity contribution in [2.45, 2.75) is 56.0 Å². The molecule has 3 rings (SSSR count). The predicted molar refractivity (Wildman–Crippen MR) is 151 cm³/mol. The smallest absolute Gasteiger partial charge is 0.248 e. The van der Waals surface area contributed by atoms with Crippen LogP contribution < -0.4 is 4.74 Å². The monoisotopic (exact) mass is 550 g/mol. The summed E-state index contributed by atoms with van der Waals surface area (Å²) in [6.07, 6.45) is 7.04. The second-order valence-corrected chi connectivity index (χ2v) is 12.6. The van der Waals surface area contributed by atoms with Crippen LogP contribution in [-0.2, 0) is 19.6 Å². The number of likely N-dealkylation sites (N-methyl/N-ethyl adjacent to an activating group) is 3. The first-order valence-corrected chi connectivity index (χ1v) is 15.1. The van der Waals surface area contributed by atoms with Gasteiger partial charge >= 0.3 is 0 Å². The van der Waals surface area contributed by atoms with E-state index < -0.39 is 10.0 Å². The topological polar surface area (TPSA) is 82.6 Å². The molecule has 1 aromatic rings. The maximum atomic E-state index is 13.3. The van der Waals surface area contributed by atoms with Crippen LogP contribution in [0.5, 0.6) is 5.75 Å². The van der Waals surface area contributed by atoms with Gasteiger partial charge in [-0.2, -0.15) is 4.31 Å². The van der Waals surface area contributed by atoms with Crippen LogP contribution in [0.3, 0.4) is 0 Å². The lowest BCUT2D eigenvalue weighted by molar-refractivity contribution is -0.138. The van der Waals surface area contributed by atoms with E-state index in [9.17, 15) is 13.2 Å². The van der Waals surface area contributed by atoms with Crippen LogP contribution in [-0.4, -0.2) is 120 Å². The van der Waals surface area contributed by atoms with Gasteiger partial charge in [0.05, 0.1) is 18.6 Å². The molecule has 1 unspecified atom stereocenters. The summed E-state index contributed by atoms with van der Waals surface area (Å²) in [4.78, 5) is 20.0. The van der Waals surface area contributed by atoms with Crippen LogP contribution in [0.2, 0.25) is 0 Å². The number of rotatable bonds is 11. The molecule has 1 saturated heterocycles. The molecule has 0 radical (unpaired) electrons. The van der Waals surface area contributed by atoms with Crippen molar-refractivity contribution in [3.05, 3.63) is 29.8 Å². The van der Waals surface area contributed by atoms with Gasteiger partial charge in [0.1, 0.15) is 12.4 Å². The Hall–Kier alpha value is -1.98. The molecule has 38 heavy (non-hydrogen) atoms. The highest BCUT2D eigenvalue weighted by molar-refractivity contribution is 7.89.